The van der Waals surface area contributed by atoms with E-state index in [1.54, 1.807) is 6.92 Å². The lowest BCUT2D eigenvalue weighted by Crippen LogP contribution is -2.17. The fraction of sp³-hybridized carbons (Fsp3) is 0.300. The maximum Gasteiger partial charge on any atom is 0.319 e. The number of esters is 1. The van der Waals surface area contributed by atoms with E-state index in [0.29, 0.717) is 11.5 Å². The van der Waals surface area contributed by atoms with E-state index in [9.17, 15) is 18.4 Å². The number of anilines is 1. The van der Waals surface area contributed by atoms with Crippen LogP contribution in [0.5, 0.6) is 0 Å². The molecule has 1 N–H and O–H groups in total. The van der Waals surface area contributed by atoms with Gasteiger partial charge in [0.1, 0.15) is 16.9 Å². The molecule has 0 saturated carbocycles. The number of benzene rings is 2. The summed E-state index contributed by atoms with van der Waals surface area (Å²) in [5, 5.41) is 1.94. The van der Waals surface area contributed by atoms with Crippen molar-refractivity contribution in [2.24, 2.45) is 0 Å². The molecule has 8 heteroatoms. The molecule has 2 aromatic rings. The Hall–Kier alpha value is -2.12. The molecule has 0 aliphatic heterocycles. The second-order valence-electron chi connectivity index (χ2n) is 6.01. The summed E-state index contributed by atoms with van der Waals surface area (Å²) in [4.78, 5) is 24.7. The van der Waals surface area contributed by atoms with E-state index in [1.807, 2.05) is 6.92 Å². The third-order valence-corrected chi connectivity index (χ3v) is 5.30. The normalized spacial score (nSPS) is 11.8. The van der Waals surface area contributed by atoms with Gasteiger partial charge in [-0.2, -0.15) is 0 Å². The number of carbonyl (C=O) groups excluding carboxylic acids is 2. The van der Waals surface area contributed by atoms with Crippen LogP contribution in [0.25, 0.3) is 0 Å². The van der Waals surface area contributed by atoms with Gasteiger partial charge in [-0.15, -0.1) is 11.8 Å². The van der Waals surface area contributed by atoms with Gasteiger partial charge in [0.15, 0.2) is 0 Å². The summed E-state index contributed by atoms with van der Waals surface area (Å²) in [5.41, 5.74) is -0.0656. The fourth-order valence-corrected chi connectivity index (χ4v) is 3.40. The van der Waals surface area contributed by atoms with Crippen molar-refractivity contribution in [2.45, 2.75) is 36.8 Å². The van der Waals surface area contributed by atoms with Crippen molar-refractivity contribution in [1.82, 2.24) is 0 Å². The SMILES string of the molecule is CCCCOC(=O)C(C)Sc1cc(NC(=O)c2cccc(F)c2)c(F)cc1Cl. The van der Waals surface area contributed by atoms with E-state index in [4.69, 9.17) is 16.3 Å². The number of hydrogen-bond acceptors (Lipinski definition) is 4. The number of carbonyl (C=O) groups is 2. The average Bonchev–Trinajstić information content (AvgIpc) is 2.65. The largest absolute Gasteiger partial charge is 0.465 e. The predicted molar refractivity (Wildman–Crippen MR) is 107 cm³/mol. The molecule has 0 aromatic heterocycles. The number of nitrogens with one attached hydrogen (secondary N) is 1. The number of rotatable bonds is 8. The Kier molecular flexibility index (Phi) is 8.26. The highest BCUT2D eigenvalue weighted by Gasteiger charge is 2.20. The van der Waals surface area contributed by atoms with Crippen molar-refractivity contribution < 1.29 is 23.1 Å². The summed E-state index contributed by atoms with van der Waals surface area (Å²) >= 11 is 7.18. The summed E-state index contributed by atoms with van der Waals surface area (Å²) in [6, 6.07) is 7.45. The Bertz CT molecular complexity index is 863. The molecule has 4 nitrogen and oxygen atoms in total. The molecule has 0 radical (unpaired) electrons. The highest BCUT2D eigenvalue weighted by Crippen LogP contribution is 2.35. The van der Waals surface area contributed by atoms with Crippen LogP contribution in [0.15, 0.2) is 41.3 Å². The van der Waals surface area contributed by atoms with Gasteiger partial charge in [0.25, 0.3) is 5.91 Å². The standard InChI is InChI=1S/C20H20ClF2NO3S/c1-3-4-8-27-20(26)12(2)28-18-11-17(16(23)10-15(18)21)24-19(25)13-6-5-7-14(22)9-13/h5-7,9-12H,3-4,8H2,1-2H3,(H,24,25). The van der Waals surface area contributed by atoms with Gasteiger partial charge in [-0.3, -0.25) is 9.59 Å². The Labute approximate surface area is 171 Å². The van der Waals surface area contributed by atoms with Gasteiger partial charge in [0.2, 0.25) is 0 Å². The van der Waals surface area contributed by atoms with Crippen LogP contribution in [0.3, 0.4) is 0 Å². The predicted octanol–water partition coefficient (Wildman–Crippen LogP) is 5.69. The number of halogens is 3. The minimum atomic E-state index is -0.739. The zero-order valence-corrected chi connectivity index (χ0v) is 17.0. The molecule has 0 aliphatic rings. The average molecular weight is 428 g/mol. The van der Waals surface area contributed by atoms with E-state index in [1.165, 1.54) is 24.3 Å². The molecule has 1 amide bonds. The second-order valence-corrected chi connectivity index (χ2v) is 7.80. The fourth-order valence-electron chi connectivity index (χ4n) is 2.21. The smallest absolute Gasteiger partial charge is 0.319 e. The van der Waals surface area contributed by atoms with E-state index < -0.39 is 28.8 Å². The molecular formula is C20H20ClF2NO3S. The first-order chi connectivity index (χ1) is 13.3. The summed E-state index contributed by atoms with van der Waals surface area (Å²) in [6.45, 7) is 3.99. The van der Waals surface area contributed by atoms with Crippen LogP contribution in [-0.2, 0) is 9.53 Å². The summed E-state index contributed by atoms with van der Waals surface area (Å²) in [6.07, 6.45) is 1.68. The molecule has 0 spiro atoms. The Morgan fingerprint density at radius 3 is 2.68 bits per heavy atom. The number of ether oxygens (including phenoxy) is 1. The lowest BCUT2D eigenvalue weighted by atomic mass is 10.2. The molecule has 0 aliphatic carbocycles. The van der Waals surface area contributed by atoms with Crippen molar-refractivity contribution in [3.63, 3.8) is 0 Å². The highest BCUT2D eigenvalue weighted by molar-refractivity contribution is 8.00. The van der Waals surface area contributed by atoms with Crippen molar-refractivity contribution >= 4 is 40.9 Å². The highest BCUT2D eigenvalue weighted by atomic mass is 35.5. The Morgan fingerprint density at radius 2 is 2.00 bits per heavy atom. The van der Waals surface area contributed by atoms with Gasteiger partial charge in [-0.05, 0) is 43.7 Å². The van der Waals surface area contributed by atoms with Crippen LogP contribution in [0.1, 0.15) is 37.0 Å². The van der Waals surface area contributed by atoms with Gasteiger partial charge in [-0.1, -0.05) is 31.0 Å². The minimum Gasteiger partial charge on any atom is -0.465 e. The molecular weight excluding hydrogens is 408 g/mol. The molecule has 28 heavy (non-hydrogen) atoms. The molecule has 2 rings (SSSR count). The zero-order valence-electron chi connectivity index (χ0n) is 15.4. The van der Waals surface area contributed by atoms with Crippen molar-refractivity contribution in [1.29, 1.82) is 0 Å². The lowest BCUT2D eigenvalue weighted by molar-refractivity contribution is -0.142. The Balaban J connectivity index is 2.13. The molecule has 0 fully saturated rings. The molecule has 0 bridgehead atoms. The van der Waals surface area contributed by atoms with Crippen molar-refractivity contribution in [2.75, 3.05) is 11.9 Å². The van der Waals surface area contributed by atoms with E-state index in [-0.39, 0.29) is 16.3 Å². The van der Waals surface area contributed by atoms with E-state index in [2.05, 4.69) is 5.32 Å². The minimum absolute atomic E-state index is 0.0522. The third kappa shape index (κ3) is 6.21. The lowest BCUT2D eigenvalue weighted by Gasteiger charge is -2.14. The van der Waals surface area contributed by atoms with Gasteiger partial charge in [0.05, 0.1) is 17.3 Å². The molecule has 150 valence electrons. The van der Waals surface area contributed by atoms with Gasteiger partial charge >= 0.3 is 5.97 Å². The summed E-state index contributed by atoms with van der Waals surface area (Å²) < 4.78 is 32.6. The first-order valence-electron chi connectivity index (χ1n) is 8.71. The first kappa shape index (κ1) is 22.2. The van der Waals surface area contributed by atoms with E-state index in [0.717, 1.165) is 36.7 Å². The molecule has 1 unspecified atom stereocenters. The Morgan fingerprint density at radius 1 is 1.25 bits per heavy atom. The van der Waals surface area contributed by atoms with Crippen LogP contribution in [0.2, 0.25) is 5.02 Å². The molecule has 2 aromatic carbocycles. The maximum atomic E-state index is 14.2. The van der Waals surface area contributed by atoms with Crippen LogP contribution in [0, 0.1) is 11.6 Å². The summed E-state index contributed by atoms with van der Waals surface area (Å²) in [5.74, 6) is -2.37. The van der Waals surface area contributed by atoms with Gasteiger partial charge in [-0.25, -0.2) is 8.78 Å². The van der Waals surface area contributed by atoms with Crippen LogP contribution in [0.4, 0.5) is 14.5 Å². The van der Waals surface area contributed by atoms with Crippen molar-refractivity contribution in [3.05, 3.63) is 58.6 Å². The topological polar surface area (TPSA) is 55.4 Å². The van der Waals surface area contributed by atoms with E-state index >= 15 is 0 Å². The number of hydrogen-bond donors (Lipinski definition) is 1. The number of unbranched alkanes of at least 4 members (excludes halogenated alkanes) is 1. The van der Waals surface area contributed by atoms with Gasteiger partial charge < -0.3 is 10.1 Å². The quantitative estimate of drug-likeness (QED) is 0.334. The second kappa shape index (κ2) is 10.4. The molecule has 0 heterocycles. The monoisotopic (exact) mass is 427 g/mol. The van der Waals surface area contributed by atoms with Crippen LogP contribution < -0.4 is 5.32 Å². The molecule has 0 saturated heterocycles. The van der Waals surface area contributed by atoms with Crippen LogP contribution in [-0.4, -0.2) is 23.7 Å². The third-order valence-electron chi connectivity index (χ3n) is 3.73. The number of amides is 1. The number of thioether (sulfide) groups is 1. The van der Waals surface area contributed by atoms with Crippen molar-refractivity contribution in [3.8, 4) is 0 Å². The zero-order chi connectivity index (χ0) is 20.7. The molecule has 1 atom stereocenters. The van der Waals surface area contributed by atoms with Gasteiger partial charge in [0, 0.05) is 10.5 Å². The first-order valence-corrected chi connectivity index (χ1v) is 9.96. The maximum absolute atomic E-state index is 14.2. The van der Waals surface area contributed by atoms with Crippen LogP contribution >= 0.6 is 23.4 Å². The summed E-state index contributed by atoms with van der Waals surface area (Å²) in [7, 11) is 0.